The summed E-state index contributed by atoms with van der Waals surface area (Å²) >= 11 is 11.7. The molecule has 0 bridgehead atoms. The van der Waals surface area contributed by atoms with Gasteiger partial charge in [0.25, 0.3) is 5.91 Å². The number of amides is 1. The number of nitrogens with one attached hydrogen (secondary N) is 1. The molecule has 0 radical (unpaired) electrons. The molecule has 1 aromatic rings. The molecular weight excluding hydrogens is 265 g/mol. The molecule has 1 atom stereocenters. The molecule has 0 aliphatic carbocycles. The summed E-state index contributed by atoms with van der Waals surface area (Å²) in [7, 11) is 0. The fourth-order valence-corrected chi connectivity index (χ4v) is 2.06. The van der Waals surface area contributed by atoms with Crippen molar-refractivity contribution in [3.8, 4) is 0 Å². The highest BCUT2D eigenvalue weighted by Crippen LogP contribution is 2.30. The number of anilines is 1. The van der Waals surface area contributed by atoms with Crippen LogP contribution in [-0.4, -0.2) is 28.1 Å². The number of nitrogens with zero attached hydrogens (tertiary/aromatic N) is 2. The summed E-state index contributed by atoms with van der Waals surface area (Å²) < 4.78 is 5.42. The Labute approximate surface area is 108 Å². The van der Waals surface area contributed by atoms with Crippen molar-refractivity contribution < 1.29 is 9.53 Å². The van der Waals surface area contributed by atoms with Gasteiger partial charge in [-0.05, 0) is 19.8 Å². The first-order valence-corrected chi connectivity index (χ1v) is 5.90. The van der Waals surface area contributed by atoms with E-state index in [1.165, 1.54) is 6.33 Å². The van der Waals surface area contributed by atoms with Gasteiger partial charge in [-0.25, -0.2) is 9.97 Å². The fraction of sp³-hybridized carbons (Fsp3) is 0.500. The maximum Gasteiger partial charge on any atom is 0.256 e. The van der Waals surface area contributed by atoms with Crippen LogP contribution in [0.5, 0.6) is 0 Å². The van der Waals surface area contributed by atoms with E-state index in [1.54, 1.807) is 6.92 Å². The van der Waals surface area contributed by atoms with E-state index in [-0.39, 0.29) is 21.9 Å². The Morgan fingerprint density at radius 1 is 1.47 bits per heavy atom. The topological polar surface area (TPSA) is 64.1 Å². The van der Waals surface area contributed by atoms with Crippen molar-refractivity contribution in [2.45, 2.75) is 25.4 Å². The van der Waals surface area contributed by atoms with E-state index in [4.69, 9.17) is 27.9 Å². The molecular formula is C10H11Cl2N3O2. The minimum atomic E-state index is -0.831. The number of hydrogen-bond donors (Lipinski definition) is 1. The maximum absolute atomic E-state index is 12.0. The minimum Gasteiger partial charge on any atom is -0.365 e. The zero-order valence-electron chi connectivity index (χ0n) is 9.17. The molecule has 1 aromatic heterocycles. The van der Waals surface area contributed by atoms with Crippen LogP contribution in [0.1, 0.15) is 19.8 Å². The van der Waals surface area contributed by atoms with Gasteiger partial charge in [0.15, 0.2) is 10.3 Å². The summed E-state index contributed by atoms with van der Waals surface area (Å²) in [5, 5.41) is 2.83. The average molecular weight is 276 g/mol. The summed E-state index contributed by atoms with van der Waals surface area (Å²) in [6.07, 6.45) is 2.76. The Kier molecular flexibility index (Phi) is 3.51. The van der Waals surface area contributed by atoms with Crippen LogP contribution >= 0.6 is 23.2 Å². The molecule has 92 valence electrons. The zero-order valence-corrected chi connectivity index (χ0v) is 10.7. The number of aromatic nitrogens is 2. The number of hydrogen-bond acceptors (Lipinski definition) is 4. The van der Waals surface area contributed by atoms with Gasteiger partial charge in [0.2, 0.25) is 0 Å². The smallest absolute Gasteiger partial charge is 0.256 e. The Hall–Kier alpha value is -0.910. The van der Waals surface area contributed by atoms with Crippen molar-refractivity contribution in [3.05, 3.63) is 16.6 Å². The third-order valence-corrected chi connectivity index (χ3v) is 3.27. The molecule has 1 amide bonds. The lowest BCUT2D eigenvalue weighted by Gasteiger charge is -2.22. The highest BCUT2D eigenvalue weighted by Gasteiger charge is 2.38. The molecule has 1 saturated heterocycles. The van der Waals surface area contributed by atoms with Crippen molar-refractivity contribution in [1.29, 1.82) is 0 Å². The molecule has 1 aliphatic heterocycles. The maximum atomic E-state index is 12.0. The number of halogens is 2. The molecule has 1 fully saturated rings. The van der Waals surface area contributed by atoms with Crippen molar-refractivity contribution in [1.82, 2.24) is 9.97 Å². The number of carbonyl (C=O) groups excluding carboxylic acids is 1. The number of ether oxygens (including phenoxy) is 1. The predicted octanol–water partition coefficient (Wildman–Crippen LogP) is 2.29. The zero-order chi connectivity index (χ0) is 12.5. The molecule has 1 unspecified atom stereocenters. The van der Waals surface area contributed by atoms with E-state index in [9.17, 15) is 4.79 Å². The summed E-state index contributed by atoms with van der Waals surface area (Å²) in [6.45, 7) is 2.32. The minimum absolute atomic E-state index is 0.111. The Balaban J connectivity index is 2.18. The highest BCUT2D eigenvalue weighted by molar-refractivity contribution is 6.38. The van der Waals surface area contributed by atoms with E-state index in [0.717, 1.165) is 6.42 Å². The number of carbonyl (C=O) groups is 1. The van der Waals surface area contributed by atoms with Crippen molar-refractivity contribution in [2.24, 2.45) is 0 Å². The van der Waals surface area contributed by atoms with Gasteiger partial charge in [0.05, 0.1) is 0 Å². The van der Waals surface area contributed by atoms with E-state index in [2.05, 4.69) is 15.3 Å². The van der Waals surface area contributed by atoms with Gasteiger partial charge < -0.3 is 10.1 Å². The van der Waals surface area contributed by atoms with Crippen LogP contribution in [0, 0.1) is 0 Å². The van der Waals surface area contributed by atoms with Gasteiger partial charge in [-0.2, -0.15) is 0 Å². The van der Waals surface area contributed by atoms with Crippen LogP contribution in [0.25, 0.3) is 0 Å². The molecule has 0 spiro atoms. The first-order chi connectivity index (χ1) is 8.03. The lowest BCUT2D eigenvalue weighted by Crippen LogP contribution is -2.39. The lowest BCUT2D eigenvalue weighted by atomic mass is 10.0. The summed E-state index contributed by atoms with van der Waals surface area (Å²) in [5.41, 5.74) is -0.611. The van der Waals surface area contributed by atoms with Crippen LogP contribution in [0.15, 0.2) is 6.33 Å². The molecule has 2 rings (SSSR count). The predicted molar refractivity (Wildman–Crippen MR) is 64.3 cm³/mol. The second kappa shape index (κ2) is 4.76. The van der Waals surface area contributed by atoms with E-state index in [1.807, 2.05) is 0 Å². The third kappa shape index (κ3) is 2.51. The molecule has 0 saturated carbocycles. The first kappa shape index (κ1) is 12.5. The monoisotopic (exact) mass is 275 g/mol. The summed E-state index contributed by atoms with van der Waals surface area (Å²) in [6, 6.07) is 0. The second-order valence-electron chi connectivity index (χ2n) is 3.97. The van der Waals surface area contributed by atoms with E-state index >= 15 is 0 Å². The third-order valence-electron chi connectivity index (χ3n) is 2.69. The van der Waals surface area contributed by atoms with Crippen LogP contribution in [0.3, 0.4) is 0 Å². The van der Waals surface area contributed by atoms with E-state index < -0.39 is 5.60 Å². The van der Waals surface area contributed by atoms with Gasteiger partial charge in [-0.3, -0.25) is 4.79 Å². The Morgan fingerprint density at radius 2 is 2.12 bits per heavy atom. The van der Waals surface area contributed by atoms with Gasteiger partial charge in [0, 0.05) is 6.61 Å². The molecule has 5 nitrogen and oxygen atoms in total. The largest absolute Gasteiger partial charge is 0.365 e. The SMILES string of the molecule is CC1(C(=O)Nc2c(Cl)ncnc2Cl)CCCO1. The second-order valence-corrected chi connectivity index (χ2v) is 4.68. The van der Waals surface area contributed by atoms with Crippen LogP contribution in [0.2, 0.25) is 10.3 Å². The van der Waals surface area contributed by atoms with Crippen molar-refractivity contribution in [2.75, 3.05) is 11.9 Å². The van der Waals surface area contributed by atoms with Gasteiger partial charge in [-0.15, -0.1) is 0 Å². The Morgan fingerprint density at radius 3 is 2.65 bits per heavy atom. The lowest BCUT2D eigenvalue weighted by molar-refractivity contribution is -0.133. The normalized spacial score (nSPS) is 23.7. The quantitative estimate of drug-likeness (QED) is 0.842. The molecule has 0 aromatic carbocycles. The van der Waals surface area contributed by atoms with Gasteiger partial charge >= 0.3 is 0 Å². The van der Waals surface area contributed by atoms with Crippen molar-refractivity contribution in [3.63, 3.8) is 0 Å². The molecule has 7 heteroatoms. The fourth-order valence-electron chi connectivity index (χ4n) is 1.65. The molecule has 1 aliphatic rings. The average Bonchev–Trinajstić information content (AvgIpc) is 2.72. The van der Waals surface area contributed by atoms with Gasteiger partial charge in [0.1, 0.15) is 17.6 Å². The molecule has 2 heterocycles. The van der Waals surface area contributed by atoms with Crippen LogP contribution in [-0.2, 0) is 9.53 Å². The standard InChI is InChI=1S/C10H11Cl2N3O2/c1-10(3-2-4-17-10)9(16)15-6-7(11)13-5-14-8(6)12/h5H,2-4H2,1H3,(H,15,16). The highest BCUT2D eigenvalue weighted by atomic mass is 35.5. The summed E-state index contributed by atoms with van der Waals surface area (Å²) in [5.74, 6) is -0.284. The van der Waals surface area contributed by atoms with Crippen LogP contribution < -0.4 is 5.32 Å². The van der Waals surface area contributed by atoms with Gasteiger partial charge in [-0.1, -0.05) is 23.2 Å². The molecule has 17 heavy (non-hydrogen) atoms. The van der Waals surface area contributed by atoms with Crippen molar-refractivity contribution >= 4 is 34.8 Å². The molecule has 1 N–H and O–H groups in total. The van der Waals surface area contributed by atoms with Crippen LogP contribution in [0.4, 0.5) is 5.69 Å². The summed E-state index contributed by atoms with van der Waals surface area (Å²) in [4.78, 5) is 19.5. The number of rotatable bonds is 2. The Bertz CT molecular complexity index is 427. The van der Waals surface area contributed by atoms with E-state index in [0.29, 0.717) is 13.0 Å². The first-order valence-electron chi connectivity index (χ1n) is 5.14.